The van der Waals surface area contributed by atoms with E-state index in [2.05, 4.69) is 32.6 Å². The highest BCUT2D eigenvalue weighted by atomic mass is 16.5. The van der Waals surface area contributed by atoms with Crippen LogP contribution in [0.25, 0.3) is 0 Å². The van der Waals surface area contributed by atoms with Gasteiger partial charge in [-0.1, -0.05) is 13.8 Å². The Balaban J connectivity index is 0.000000180. The molecule has 0 aliphatic carbocycles. The van der Waals surface area contributed by atoms with Gasteiger partial charge in [0.15, 0.2) is 0 Å². The molecule has 0 N–H and O–H groups in total. The summed E-state index contributed by atoms with van der Waals surface area (Å²) < 4.78 is 10.7. The number of morpholine rings is 1. The predicted molar refractivity (Wildman–Crippen MR) is 76.0 cm³/mol. The second-order valence-electron chi connectivity index (χ2n) is 5.89. The molecule has 2 heterocycles. The van der Waals surface area contributed by atoms with Gasteiger partial charge in [-0.3, -0.25) is 4.90 Å². The first-order valence-electron chi connectivity index (χ1n) is 7.54. The minimum absolute atomic E-state index is 0.554. The summed E-state index contributed by atoms with van der Waals surface area (Å²) in [5.41, 5.74) is 0. The minimum atomic E-state index is 0.554. The van der Waals surface area contributed by atoms with Crippen molar-refractivity contribution >= 4 is 0 Å². The monoisotopic (exact) mass is 257 g/mol. The van der Waals surface area contributed by atoms with E-state index in [0.29, 0.717) is 18.1 Å². The Hall–Kier alpha value is -0.120. The second-order valence-corrected chi connectivity index (χ2v) is 5.89. The quantitative estimate of drug-likeness (QED) is 0.759. The van der Waals surface area contributed by atoms with Crippen molar-refractivity contribution in [2.45, 2.75) is 59.1 Å². The molecule has 0 amide bonds. The number of nitrogens with zero attached hydrogens (tertiary/aromatic N) is 1. The fraction of sp³-hybridized carbons (Fsp3) is 1.00. The molecule has 3 nitrogen and oxygen atoms in total. The number of rotatable bonds is 2. The van der Waals surface area contributed by atoms with E-state index in [0.717, 1.165) is 32.9 Å². The van der Waals surface area contributed by atoms with Crippen molar-refractivity contribution in [2.75, 3.05) is 32.9 Å². The predicted octanol–water partition coefficient (Wildman–Crippen LogP) is 2.94. The Morgan fingerprint density at radius 3 is 1.94 bits per heavy atom. The standard InChI is InChI=1S/C8H16O.C7H15NO/c1-7(2)8-5-3-4-6-9-8;1-7(2)8-3-5-9-6-4-8/h7-8H,3-6H2,1-2H3;7H,3-6H2,1-2H3. The summed E-state index contributed by atoms with van der Waals surface area (Å²) in [6, 6.07) is 0.689. The summed E-state index contributed by atoms with van der Waals surface area (Å²) in [5.74, 6) is 0.713. The Bertz CT molecular complexity index is 173. The maximum Gasteiger partial charge on any atom is 0.0598 e. The van der Waals surface area contributed by atoms with Crippen LogP contribution in [0.1, 0.15) is 47.0 Å². The highest BCUT2D eigenvalue weighted by molar-refractivity contribution is 4.66. The molecule has 2 saturated heterocycles. The van der Waals surface area contributed by atoms with Crippen LogP contribution < -0.4 is 0 Å². The lowest BCUT2D eigenvalue weighted by molar-refractivity contribution is -0.0115. The lowest BCUT2D eigenvalue weighted by atomic mass is 9.99. The van der Waals surface area contributed by atoms with E-state index in [9.17, 15) is 0 Å². The highest BCUT2D eigenvalue weighted by Gasteiger charge is 2.16. The lowest BCUT2D eigenvalue weighted by Gasteiger charge is -2.29. The van der Waals surface area contributed by atoms with Gasteiger partial charge >= 0.3 is 0 Å². The molecule has 2 aliphatic heterocycles. The van der Waals surface area contributed by atoms with E-state index in [-0.39, 0.29) is 0 Å². The molecule has 2 aliphatic rings. The van der Waals surface area contributed by atoms with Gasteiger partial charge in [0.2, 0.25) is 0 Å². The molecule has 0 aromatic rings. The normalized spacial score (nSPS) is 26.0. The van der Waals surface area contributed by atoms with Crippen molar-refractivity contribution in [3.8, 4) is 0 Å². The van der Waals surface area contributed by atoms with Gasteiger partial charge in [0.05, 0.1) is 19.3 Å². The SMILES string of the molecule is CC(C)C1CCCCO1.CC(C)N1CCOCC1. The first-order chi connectivity index (χ1) is 8.61. The van der Waals surface area contributed by atoms with Crippen LogP contribution in [0.3, 0.4) is 0 Å². The van der Waals surface area contributed by atoms with Crippen LogP contribution in [0, 0.1) is 5.92 Å². The summed E-state index contributed by atoms with van der Waals surface area (Å²) in [5, 5.41) is 0. The zero-order valence-electron chi connectivity index (χ0n) is 12.7. The molecular formula is C15H31NO2. The second kappa shape index (κ2) is 8.89. The summed E-state index contributed by atoms with van der Waals surface area (Å²) >= 11 is 0. The molecule has 2 rings (SSSR count). The first-order valence-corrected chi connectivity index (χ1v) is 7.54. The van der Waals surface area contributed by atoms with Gasteiger partial charge in [0.1, 0.15) is 0 Å². The Morgan fingerprint density at radius 1 is 0.944 bits per heavy atom. The smallest absolute Gasteiger partial charge is 0.0598 e. The average Bonchev–Trinajstić information content (AvgIpc) is 2.41. The first kappa shape index (κ1) is 15.9. The van der Waals surface area contributed by atoms with E-state index >= 15 is 0 Å². The third-order valence-corrected chi connectivity index (χ3v) is 3.73. The van der Waals surface area contributed by atoms with Gasteiger partial charge in [-0.15, -0.1) is 0 Å². The van der Waals surface area contributed by atoms with Crippen LogP contribution in [0.15, 0.2) is 0 Å². The minimum Gasteiger partial charge on any atom is -0.379 e. The van der Waals surface area contributed by atoms with Crippen molar-refractivity contribution in [1.29, 1.82) is 0 Å². The van der Waals surface area contributed by atoms with Gasteiger partial charge < -0.3 is 9.47 Å². The molecule has 2 fully saturated rings. The topological polar surface area (TPSA) is 21.7 Å². The van der Waals surface area contributed by atoms with E-state index in [1.807, 2.05) is 0 Å². The maximum atomic E-state index is 5.54. The van der Waals surface area contributed by atoms with Gasteiger partial charge in [0, 0.05) is 25.7 Å². The average molecular weight is 257 g/mol. The lowest BCUT2D eigenvalue weighted by Crippen LogP contribution is -2.40. The van der Waals surface area contributed by atoms with Crippen molar-refractivity contribution < 1.29 is 9.47 Å². The molecule has 0 spiro atoms. The molecule has 18 heavy (non-hydrogen) atoms. The van der Waals surface area contributed by atoms with Crippen molar-refractivity contribution in [2.24, 2.45) is 5.92 Å². The van der Waals surface area contributed by atoms with Crippen molar-refractivity contribution in [3.63, 3.8) is 0 Å². The van der Waals surface area contributed by atoms with Crippen molar-refractivity contribution in [1.82, 2.24) is 4.90 Å². The van der Waals surface area contributed by atoms with Gasteiger partial charge in [-0.25, -0.2) is 0 Å². The fourth-order valence-electron chi connectivity index (χ4n) is 2.39. The highest BCUT2D eigenvalue weighted by Crippen LogP contribution is 2.18. The third kappa shape index (κ3) is 6.17. The molecule has 0 saturated carbocycles. The molecule has 0 radical (unpaired) electrons. The number of ether oxygens (including phenoxy) is 2. The molecule has 0 aromatic carbocycles. The molecular weight excluding hydrogens is 226 g/mol. The Kier molecular flexibility index (Phi) is 7.87. The zero-order valence-corrected chi connectivity index (χ0v) is 12.7. The van der Waals surface area contributed by atoms with E-state index < -0.39 is 0 Å². The Labute approximate surface area is 113 Å². The third-order valence-electron chi connectivity index (χ3n) is 3.73. The van der Waals surface area contributed by atoms with Gasteiger partial charge in [-0.05, 0) is 39.0 Å². The van der Waals surface area contributed by atoms with Crippen LogP contribution in [0.5, 0.6) is 0 Å². The fourth-order valence-corrected chi connectivity index (χ4v) is 2.39. The van der Waals surface area contributed by atoms with E-state index in [1.54, 1.807) is 0 Å². The molecule has 1 unspecified atom stereocenters. The van der Waals surface area contributed by atoms with Gasteiger partial charge in [-0.2, -0.15) is 0 Å². The van der Waals surface area contributed by atoms with Gasteiger partial charge in [0.25, 0.3) is 0 Å². The van der Waals surface area contributed by atoms with E-state index in [4.69, 9.17) is 9.47 Å². The largest absolute Gasteiger partial charge is 0.379 e. The molecule has 1 atom stereocenters. The Morgan fingerprint density at radius 2 is 1.61 bits per heavy atom. The number of hydrogen-bond acceptors (Lipinski definition) is 3. The zero-order chi connectivity index (χ0) is 13.4. The molecule has 108 valence electrons. The van der Waals surface area contributed by atoms with Crippen LogP contribution in [0.4, 0.5) is 0 Å². The summed E-state index contributed by atoms with van der Waals surface area (Å²) in [6.45, 7) is 14.0. The van der Waals surface area contributed by atoms with Crippen molar-refractivity contribution in [3.05, 3.63) is 0 Å². The van der Waals surface area contributed by atoms with Crippen LogP contribution >= 0.6 is 0 Å². The van der Waals surface area contributed by atoms with Crippen LogP contribution in [0.2, 0.25) is 0 Å². The maximum absolute atomic E-state index is 5.54. The number of hydrogen-bond donors (Lipinski definition) is 0. The van der Waals surface area contributed by atoms with E-state index in [1.165, 1.54) is 19.3 Å². The summed E-state index contributed by atoms with van der Waals surface area (Å²) in [6.07, 6.45) is 4.46. The molecule has 3 heteroatoms. The summed E-state index contributed by atoms with van der Waals surface area (Å²) in [7, 11) is 0. The molecule has 0 aromatic heterocycles. The molecule has 0 bridgehead atoms. The summed E-state index contributed by atoms with van der Waals surface area (Å²) in [4.78, 5) is 2.43. The van der Waals surface area contributed by atoms with Crippen LogP contribution in [-0.2, 0) is 9.47 Å². The van der Waals surface area contributed by atoms with Crippen LogP contribution in [-0.4, -0.2) is 50.0 Å².